The van der Waals surface area contributed by atoms with Gasteiger partial charge in [-0.05, 0) is 82.8 Å². The van der Waals surface area contributed by atoms with E-state index in [-0.39, 0.29) is 16.6 Å². The van der Waals surface area contributed by atoms with Gasteiger partial charge in [0.2, 0.25) is 5.95 Å². The summed E-state index contributed by atoms with van der Waals surface area (Å²) in [6, 6.07) is 45.2. The topological polar surface area (TPSA) is 48.5 Å². The van der Waals surface area contributed by atoms with Crippen molar-refractivity contribution in [2.24, 2.45) is 5.92 Å². The second-order valence-corrected chi connectivity index (χ2v) is 16.2. The molecule has 0 spiro atoms. The standard InChI is InChI=1S/C48H40FN5/c1-29-28-47(2,3)39-25-33(22-23-38(39)48(29,4)5)53-40-20-11-9-18-34(40)36-26-37-35-19-10-12-21-41(35)54(43(37)27-42(36)53)46-51-44(30-14-7-6-8-15-30)50-45(52-46)31-16-13-17-32(49)24-31/h6-27,29H,28H2,1-5H3. The van der Waals surface area contributed by atoms with Gasteiger partial charge in [0, 0.05) is 38.4 Å². The van der Waals surface area contributed by atoms with Crippen LogP contribution in [0.2, 0.25) is 0 Å². The lowest BCUT2D eigenvalue weighted by Gasteiger charge is -2.46. The van der Waals surface area contributed by atoms with Crippen molar-refractivity contribution in [3.05, 3.63) is 150 Å². The molecule has 6 aromatic carbocycles. The van der Waals surface area contributed by atoms with Crippen molar-refractivity contribution in [2.75, 3.05) is 0 Å². The van der Waals surface area contributed by atoms with Crippen molar-refractivity contribution in [2.45, 2.75) is 51.9 Å². The summed E-state index contributed by atoms with van der Waals surface area (Å²) in [7, 11) is 0. The second kappa shape index (κ2) is 11.7. The quantitative estimate of drug-likeness (QED) is 0.183. The molecule has 54 heavy (non-hydrogen) atoms. The summed E-state index contributed by atoms with van der Waals surface area (Å²) in [6.45, 7) is 12.0. The summed E-state index contributed by atoms with van der Waals surface area (Å²) in [4.78, 5) is 15.1. The van der Waals surface area contributed by atoms with E-state index in [2.05, 4.69) is 123 Å². The third kappa shape index (κ3) is 4.86. The molecule has 1 atom stereocenters. The molecule has 0 radical (unpaired) electrons. The fourth-order valence-corrected chi connectivity index (χ4v) is 9.05. The molecule has 0 aliphatic heterocycles. The third-order valence-electron chi connectivity index (χ3n) is 12.1. The van der Waals surface area contributed by atoms with Crippen LogP contribution in [0.5, 0.6) is 0 Å². The van der Waals surface area contributed by atoms with Gasteiger partial charge >= 0.3 is 0 Å². The van der Waals surface area contributed by atoms with Crippen LogP contribution in [0.1, 0.15) is 52.2 Å². The van der Waals surface area contributed by atoms with Crippen LogP contribution in [-0.2, 0) is 10.8 Å². The van der Waals surface area contributed by atoms with Crippen LogP contribution in [0, 0.1) is 11.7 Å². The summed E-state index contributed by atoms with van der Waals surface area (Å²) >= 11 is 0. The molecule has 6 heteroatoms. The summed E-state index contributed by atoms with van der Waals surface area (Å²) in [6.07, 6.45) is 1.14. The lowest BCUT2D eigenvalue weighted by Crippen LogP contribution is -2.40. The zero-order valence-corrected chi connectivity index (χ0v) is 31.1. The van der Waals surface area contributed by atoms with Crippen LogP contribution < -0.4 is 0 Å². The van der Waals surface area contributed by atoms with E-state index in [1.165, 1.54) is 34.0 Å². The molecule has 3 heterocycles. The molecular weight excluding hydrogens is 666 g/mol. The van der Waals surface area contributed by atoms with Gasteiger partial charge in [-0.15, -0.1) is 0 Å². The first kappa shape index (κ1) is 32.5. The Morgan fingerprint density at radius 3 is 1.85 bits per heavy atom. The SMILES string of the molecule is CC1CC(C)(C)c2cc(-n3c4ccccc4c4cc5c6ccccc6n(-c6nc(-c7ccccc7)nc(-c7cccc(F)c7)n6)c5cc43)ccc2C1(C)C. The van der Waals surface area contributed by atoms with Crippen molar-refractivity contribution in [3.63, 3.8) is 0 Å². The normalized spacial score (nSPS) is 16.4. The molecule has 10 rings (SSSR count). The van der Waals surface area contributed by atoms with Crippen molar-refractivity contribution < 1.29 is 4.39 Å². The zero-order chi connectivity index (χ0) is 36.9. The molecule has 9 aromatic rings. The third-order valence-corrected chi connectivity index (χ3v) is 12.1. The number of rotatable bonds is 4. The van der Waals surface area contributed by atoms with Crippen molar-refractivity contribution in [1.29, 1.82) is 0 Å². The van der Waals surface area contributed by atoms with Gasteiger partial charge in [0.1, 0.15) is 5.82 Å². The largest absolute Gasteiger partial charge is 0.309 e. The molecule has 3 aromatic heterocycles. The van der Waals surface area contributed by atoms with E-state index in [0.717, 1.165) is 50.5 Å². The number of halogens is 1. The van der Waals surface area contributed by atoms with Crippen molar-refractivity contribution in [3.8, 4) is 34.4 Å². The Labute approximate surface area is 313 Å². The van der Waals surface area contributed by atoms with E-state index in [1.54, 1.807) is 6.07 Å². The summed E-state index contributed by atoms with van der Waals surface area (Å²) < 4.78 is 19.2. The van der Waals surface area contributed by atoms with Crippen LogP contribution in [-0.4, -0.2) is 24.1 Å². The highest BCUT2D eigenvalue weighted by atomic mass is 19.1. The lowest BCUT2D eigenvalue weighted by molar-refractivity contribution is 0.233. The molecule has 5 nitrogen and oxygen atoms in total. The molecule has 0 saturated heterocycles. The van der Waals surface area contributed by atoms with Gasteiger partial charge in [-0.2, -0.15) is 9.97 Å². The highest BCUT2D eigenvalue weighted by molar-refractivity contribution is 6.19. The van der Waals surface area contributed by atoms with Crippen LogP contribution in [0.4, 0.5) is 4.39 Å². The molecule has 1 aliphatic rings. The number of hydrogen-bond acceptors (Lipinski definition) is 3. The summed E-state index contributed by atoms with van der Waals surface area (Å²) in [5, 5.41) is 4.61. The minimum atomic E-state index is -0.341. The number of fused-ring (bicyclic) bond motifs is 7. The number of aromatic nitrogens is 5. The van der Waals surface area contributed by atoms with E-state index in [0.29, 0.717) is 29.1 Å². The van der Waals surface area contributed by atoms with E-state index in [9.17, 15) is 4.39 Å². The first-order valence-electron chi connectivity index (χ1n) is 18.8. The minimum Gasteiger partial charge on any atom is -0.309 e. The van der Waals surface area contributed by atoms with Crippen LogP contribution in [0.25, 0.3) is 78.0 Å². The smallest absolute Gasteiger partial charge is 0.238 e. The fraction of sp³-hybridized carbons (Fsp3) is 0.188. The van der Waals surface area contributed by atoms with Crippen molar-refractivity contribution >= 4 is 43.6 Å². The van der Waals surface area contributed by atoms with Gasteiger partial charge in [0.05, 0.1) is 22.1 Å². The summed E-state index contributed by atoms with van der Waals surface area (Å²) in [5.41, 5.74) is 9.84. The highest BCUT2D eigenvalue weighted by Crippen LogP contribution is 2.50. The monoisotopic (exact) mass is 705 g/mol. The van der Waals surface area contributed by atoms with Gasteiger partial charge in [0.15, 0.2) is 11.6 Å². The number of para-hydroxylation sites is 2. The number of benzene rings is 6. The van der Waals surface area contributed by atoms with Gasteiger partial charge in [-0.1, -0.05) is 120 Å². The molecule has 1 unspecified atom stereocenters. The average molecular weight is 706 g/mol. The van der Waals surface area contributed by atoms with Crippen LogP contribution in [0.3, 0.4) is 0 Å². The van der Waals surface area contributed by atoms with Crippen LogP contribution in [0.15, 0.2) is 133 Å². The van der Waals surface area contributed by atoms with Gasteiger partial charge in [0.25, 0.3) is 0 Å². The minimum absolute atomic E-state index is 0.0489. The Kier molecular flexibility index (Phi) is 7.03. The first-order valence-corrected chi connectivity index (χ1v) is 18.8. The Hall–Kier alpha value is -6.14. The predicted molar refractivity (Wildman–Crippen MR) is 219 cm³/mol. The lowest BCUT2D eigenvalue weighted by atomic mass is 9.58. The molecule has 0 amide bonds. The molecule has 264 valence electrons. The van der Waals surface area contributed by atoms with E-state index in [1.807, 2.05) is 36.4 Å². The molecular formula is C48H40FN5. The highest BCUT2D eigenvalue weighted by Gasteiger charge is 2.42. The Morgan fingerprint density at radius 1 is 0.537 bits per heavy atom. The average Bonchev–Trinajstić information content (AvgIpc) is 3.68. The summed E-state index contributed by atoms with van der Waals surface area (Å²) in [5.74, 6) is 1.64. The maximum absolute atomic E-state index is 14.6. The van der Waals surface area contributed by atoms with E-state index in [4.69, 9.17) is 15.0 Å². The molecule has 0 bridgehead atoms. The van der Waals surface area contributed by atoms with E-state index < -0.39 is 0 Å². The zero-order valence-electron chi connectivity index (χ0n) is 31.1. The predicted octanol–water partition coefficient (Wildman–Crippen LogP) is 12.1. The first-order chi connectivity index (χ1) is 26.1. The Bertz CT molecular complexity index is 2950. The molecule has 0 saturated carbocycles. The van der Waals surface area contributed by atoms with Gasteiger partial charge in [-0.3, -0.25) is 4.57 Å². The van der Waals surface area contributed by atoms with Crippen LogP contribution >= 0.6 is 0 Å². The number of nitrogens with zero attached hydrogens (tertiary/aromatic N) is 5. The van der Waals surface area contributed by atoms with Gasteiger partial charge in [-0.25, -0.2) is 9.37 Å². The Balaban J connectivity index is 1.28. The van der Waals surface area contributed by atoms with Gasteiger partial charge < -0.3 is 4.57 Å². The van der Waals surface area contributed by atoms with E-state index >= 15 is 0 Å². The molecule has 0 N–H and O–H groups in total. The number of hydrogen-bond donors (Lipinski definition) is 0. The molecule has 1 aliphatic carbocycles. The fourth-order valence-electron chi connectivity index (χ4n) is 9.05. The maximum Gasteiger partial charge on any atom is 0.238 e. The second-order valence-electron chi connectivity index (χ2n) is 16.2. The van der Waals surface area contributed by atoms with Crippen molar-refractivity contribution in [1.82, 2.24) is 24.1 Å². The maximum atomic E-state index is 14.6. The Morgan fingerprint density at radius 2 is 1.15 bits per heavy atom. The molecule has 0 fully saturated rings.